The van der Waals surface area contributed by atoms with Crippen LogP contribution < -0.4 is 0 Å². The molecular weight excluding hydrogens is 865 g/mol. The zero-order chi connectivity index (χ0) is 49.5. The highest BCUT2D eigenvalue weighted by Crippen LogP contribution is 2.53. The van der Waals surface area contributed by atoms with Gasteiger partial charge < -0.3 is 0 Å². The van der Waals surface area contributed by atoms with Gasteiger partial charge in [0.25, 0.3) is 0 Å². The first-order chi connectivity index (χ1) is 35.6. The van der Waals surface area contributed by atoms with Gasteiger partial charge in [0.1, 0.15) is 0 Å². The Kier molecular flexibility index (Phi) is 18.8. The monoisotopic (exact) mass is 953 g/mol. The molecule has 0 atom stereocenters. The molecule has 0 nitrogen and oxygen atoms in total. The molecule has 9 aromatic carbocycles. The highest BCUT2D eigenvalue weighted by Gasteiger charge is 2.25. The molecule has 0 saturated carbocycles. The Labute approximate surface area is 435 Å². The van der Waals surface area contributed by atoms with Crippen molar-refractivity contribution in [2.75, 3.05) is 0 Å². The van der Waals surface area contributed by atoms with Crippen molar-refractivity contribution in [3.05, 3.63) is 144 Å². The molecule has 0 heterocycles. The Morgan fingerprint density at radius 2 is 0.500 bits per heavy atom. The third-order valence-corrected chi connectivity index (χ3v) is 16.7. The Morgan fingerprint density at radius 3 is 0.847 bits per heavy atom. The number of rotatable bonds is 30. The van der Waals surface area contributed by atoms with Gasteiger partial charge in [-0.2, -0.15) is 0 Å². The molecule has 0 fully saturated rings. The Balaban J connectivity index is 1.25. The van der Waals surface area contributed by atoms with E-state index in [0.717, 1.165) is 25.7 Å². The van der Waals surface area contributed by atoms with Gasteiger partial charge in [-0.3, -0.25) is 0 Å². The van der Waals surface area contributed by atoms with Gasteiger partial charge in [-0.05, 0) is 161 Å². The molecule has 0 N–H and O–H groups in total. The fourth-order valence-electron chi connectivity index (χ4n) is 12.6. The lowest BCUT2D eigenvalue weighted by atomic mass is 9.78. The second-order valence-corrected chi connectivity index (χ2v) is 22.2. The van der Waals surface area contributed by atoms with Gasteiger partial charge in [-0.25, -0.2) is 0 Å². The molecule has 376 valence electrons. The first-order valence-electron chi connectivity index (χ1n) is 29.8. The van der Waals surface area contributed by atoms with E-state index in [4.69, 9.17) is 0 Å². The van der Waals surface area contributed by atoms with E-state index in [0.29, 0.717) is 0 Å². The second kappa shape index (κ2) is 26.1. The van der Waals surface area contributed by atoms with E-state index >= 15 is 0 Å². The largest absolute Gasteiger partial charge is 0.0654 e. The fraction of sp³-hybridized carbons (Fsp3) is 0.444. The molecule has 0 radical (unpaired) electrons. The van der Waals surface area contributed by atoms with Crippen LogP contribution in [0.4, 0.5) is 0 Å². The predicted octanol–water partition coefficient (Wildman–Crippen LogP) is 23.0. The molecule has 0 aliphatic rings. The van der Waals surface area contributed by atoms with Crippen LogP contribution in [0.1, 0.15) is 204 Å². The summed E-state index contributed by atoms with van der Waals surface area (Å²) in [6.07, 6.45) is 36.5. The van der Waals surface area contributed by atoms with Crippen molar-refractivity contribution in [1.29, 1.82) is 0 Å². The van der Waals surface area contributed by atoms with Crippen molar-refractivity contribution in [3.8, 4) is 22.3 Å². The first-order valence-corrected chi connectivity index (χ1v) is 29.8. The second-order valence-electron chi connectivity index (χ2n) is 22.2. The molecule has 0 heteroatoms. The maximum Gasteiger partial charge on any atom is -0.000718 e. The molecule has 72 heavy (non-hydrogen) atoms. The van der Waals surface area contributed by atoms with Crippen LogP contribution in [0.25, 0.3) is 86.9 Å². The number of aryl methyl sites for hydroxylation is 4. The molecule has 9 rings (SSSR count). The van der Waals surface area contributed by atoms with Gasteiger partial charge in [-0.15, -0.1) is 0 Å². The minimum absolute atomic E-state index is 1.14. The zero-order valence-electron chi connectivity index (χ0n) is 45.3. The van der Waals surface area contributed by atoms with E-state index < -0.39 is 0 Å². The maximum absolute atomic E-state index is 2.60. The van der Waals surface area contributed by atoms with Gasteiger partial charge in [0.15, 0.2) is 0 Å². The van der Waals surface area contributed by atoms with E-state index in [-0.39, 0.29) is 0 Å². The molecule has 0 amide bonds. The third-order valence-electron chi connectivity index (χ3n) is 16.7. The normalized spacial score (nSPS) is 12.1. The molecule has 0 aliphatic heterocycles. The van der Waals surface area contributed by atoms with Gasteiger partial charge in [0.05, 0.1) is 0 Å². The van der Waals surface area contributed by atoms with E-state index in [2.05, 4.69) is 149 Å². The van der Waals surface area contributed by atoms with Crippen molar-refractivity contribution in [3.63, 3.8) is 0 Å². The lowest BCUT2D eigenvalue weighted by Crippen LogP contribution is -1.97. The van der Waals surface area contributed by atoms with Crippen LogP contribution in [-0.4, -0.2) is 0 Å². The van der Waals surface area contributed by atoms with Crippen LogP contribution in [-0.2, 0) is 25.7 Å². The van der Waals surface area contributed by atoms with Crippen LogP contribution in [0, 0.1) is 0 Å². The van der Waals surface area contributed by atoms with Crippen molar-refractivity contribution in [2.45, 2.75) is 207 Å². The van der Waals surface area contributed by atoms with E-state index in [1.807, 2.05) is 0 Å². The topological polar surface area (TPSA) is 0 Å². The zero-order valence-corrected chi connectivity index (χ0v) is 45.3. The van der Waals surface area contributed by atoms with Gasteiger partial charge in [0.2, 0.25) is 0 Å². The van der Waals surface area contributed by atoms with Gasteiger partial charge in [0, 0.05) is 0 Å². The number of hydrogen-bond acceptors (Lipinski definition) is 0. The van der Waals surface area contributed by atoms with Crippen LogP contribution >= 0.6 is 0 Å². The third kappa shape index (κ3) is 11.9. The molecule has 0 spiro atoms. The standard InChI is InChI=1S/C72H88/c1-5-9-13-17-21-25-31-53-37-43-57(44-38-53)67-61-47-41-55(33-27-23-19-15-11-7-3)51-65(61)63-49-50-64-66-52-56(34-28-24-20-16-12-8-4)42-48-62(66)68(58-45-39-54(40-46-58)32-26-22-18-14-10-6-2)70-60-36-30-29-35-59(60)69(67)71(63)72(64)70/h29-30,35-52H,5-28,31-34H2,1-4H3. The number of unbranched alkanes of at least 4 members (excludes halogenated alkanes) is 20. The van der Waals surface area contributed by atoms with Crippen molar-refractivity contribution >= 4 is 64.6 Å². The summed E-state index contributed by atoms with van der Waals surface area (Å²) in [6.45, 7) is 9.26. The maximum atomic E-state index is 2.60. The molecular formula is C72H88. The Hall–Kier alpha value is -5.20. The van der Waals surface area contributed by atoms with Gasteiger partial charge in [-0.1, -0.05) is 277 Å². The molecule has 0 aliphatic carbocycles. The lowest BCUT2D eigenvalue weighted by molar-refractivity contribution is 0.607. The number of benzene rings is 9. The summed E-state index contributed by atoms with van der Waals surface area (Å²) in [4.78, 5) is 0. The lowest BCUT2D eigenvalue weighted by Gasteiger charge is -2.24. The van der Waals surface area contributed by atoms with Crippen LogP contribution in [0.15, 0.2) is 121 Å². The summed E-state index contributed by atoms with van der Waals surface area (Å²) in [6, 6.07) is 49.4. The van der Waals surface area contributed by atoms with E-state index in [9.17, 15) is 0 Å². The summed E-state index contributed by atoms with van der Waals surface area (Å²) in [5.74, 6) is 0. The Bertz CT molecular complexity index is 2900. The molecule has 0 saturated heterocycles. The summed E-state index contributed by atoms with van der Waals surface area (Å²) in [5.41, 5.74) is 11.4. The predicted molar refractivity (Wildman–Crippen MR) is 322 cm³/mol. The SMILES string of the molecule is CCCCCCCCc1ccc(-c2c3ccc(CCCCCCCC)cc3c3ccc4c5cc(CCCCCCCC)ccc5c(-c5ccc(CCCCCCCC)cc5)c5c6ccccc6c2c3c45)cc1. The average Bonchev–Trinajstić information content (AvgIpc) is 3.42. The average molecular weight is 953 g/mol. The summed E-state index contributed by atoms with van der Waals surface area (Å²) < 4.78 is 0. The van der Waals surface area contributed by atoms with Crippen molar-refractivity contribution in [2.24, 2.45) is 0 Å². The summed E-state index contributed by atoms with van der Waals surface area (Å²) in [7, 11) is 0. The van der Waals surface area contributed by atoms with E-state index in [1.165, 1.54) is 263 Å². The quantitative estimate of drug-likeness (QED) is 0.0239. The molecule has 9 aromatic rings. The first kappa shape index (κ1) is 51.7. The molecule has 0 unspecified atom stereocenters. The van der Waals surface area contributed by atoms with Crippen molar-refractivity contribution < 1.29 is 0 Å². The highest BCUT2D eigenvalue weighted by molar-refractivity contribution is 6.45. The number of fused-ring (bicyclic) bond motifs is 7. The number of hydrogen-bond donors (Lipinski definition) is 0. The van der Waals surface area contributed by atoms with Crippen LogP contribution in [0.5, 0.6) is 0 Å². The molecule has 0 bridgehead atoms. The summed E-state index contributed by atoms with van der Waals surface area (Å²) in [5, 5.41) is 16.9. The minimum atomic E-state index is 1.14. The Morgan fingerprint density at radius 1 is 0.222 bits per heavy atom. The van der Waals surface area contributed by atoms with E-state index in [1.54, 1.807) is 0 Å². The smallest absolute Gasteiger partial charge is 0.000718 e. The van der Waals surface area contributed by atoms with Gasteiger partial charge >= 0.3 is 0 Å². The van der Waals surface area contributed by atoms with Crippen molar-refractivity contribution in [1.82, 2.24) is 0 Å². The van der Waals surface area contributed by atoms with Crippen LogP contribution in [0.3, 0.4) is 0 Å². The molecule has 0 aromatic heterocycles. The fourth-order valence-corrected chi connectivity index (χ4v) is 12.6. The summed E-state index contributed by atoms with van der Waals surface area (Å²) >= 11 is 0. The minimum Gasteiger partial charge on any atom is -0.0654 e. The van der Waals surface area contributed by atoms with Crippen LogP contribution in [0.2, 0.25) is 0 Å². The highest BCUT2D eigenvalue weighted by atomic mass is 14.3.